The van der Waals surface area contributed by atoms with Gasteiger partial charge in [0.05, 0.1) is 11.2 Å². The van der Waals surface area contributed by atoms with Crippen LogP contribution >= 0.6 is 22.9 Å². The summed E-state index contributed by atoms with van der Waals surface area (Å²) in [7, 11) is 0. The molecule has 0 saturated carbocycles. The predicted molar refractivity (Wildman–Crippen MR) is 83.5 cm³/mol. The molecular formula is C14H14ClN3OS. The van der Waals surface area contributed by atoms with Crippen molar-refractivity contribution in [1.29, 1.82) is 0 Å². The molecule has 0 aliphatic heterocycles. The normalized spacial score (nSPS) is 10.3. The van der Waals surface area contributed by atoms with Crippen LogP contribution in [0, 0.1) is 26.2 Å². The van der Waals surface area contributed by atoms with Crippen molar-refractivity contribution in [1.82, 2.24) is 9.78 Å². The molecule has 20 heavy (non-hydrogen) atoms. The number of thiophene rings is 1. The van der Waals surface area contributed by atoms with Crippen molar-refractivity contribution in [3.8, 4) is 12.3 Å². The molecule has 0 bridgehead atoms. The first kappa shape index (κ1) is 14.6. The highest BCUT2D eigenvalue weighted by Gasteiger charge is 2.10. The molecule has 0 fully saturated rings. The third-order valence-corrected chi connectivity index (χ3v) is 4.33. The maximum Gasteiger partial charge on any atom is 0.292 e. The van der Waals surface area contributed by atoms with Crippen LogP contribution in [0.2, 0.25) is 5.02 Å². The summed E-state index contributed by atoms with van der Waals surface area (Å²) >= 11 is 7.72. The highest BCUT2D eigenvalue weighted by atomic mass is 35.5. The van der Waals surface area contributed by atoms with Gasteiger partial charge < -0.3 is 5.32 Å². The molecule has 0 aliphatic carbocycles. The number of halogens is 1. The van der Waals surface area contributed by atoms with E-state index >= 15 is 0 Å². The molecule has 0 aromatic carbocycles. The Morgan fingerprint density at radius 2 is 2.30 bits per heavy atom. The van der Waals surface area contributed by atoms with Crippen LogP contribution in [-0.2, 0) is 13.1 Å². The molecule has 0 spiro atoms. The van der Waals surface area contributed by atoms with Gasteiger partial charge in [0.2, 0.25) is 0 Å². The van der Waals surface area contributed by atoms with Crippen LogP contribution in [0.4, 0.5) is 5.69 Å². The van der Waals surface area contributed by atoms with Gasteiger partial charge in [0.25, 0.3) is 5.56 Å². The Morgan fingerprint density at radius 1 is 1.55 bits per heavy atom. The van der Waals surface area contributed by atoms with Gasteiger partial charge in [0.15, 0.2) is 0 Å². The summed E-state index contributed by atoms with van der Waals surface area (Å²) in [5, 5.41) is 7.27. The summed E-state index contributed by atoms with van der Waals surface area (Å²) in [5.41, 5.74) is 1.28. The third-order valence-electron chi connectivity index (χ3n) is 2.90. The number of nitrogens with zero attached hydrogens (tertiary/aromatic N) is 2. The van der Waals surface area contributed by atoms with Gasteiger partial charge in [-0.05, 0) is 25.5 Å². The molecule has 0 radical (unpaired) electrons. The highest BCUT2D eigenvalue weighted by Crippen LogP contribution is 2.22. The molecule has 6 heteroatoms. The molecule has 1 N–H and O–H groups in total. The van der Waals surface area contributed by atoms with Crippen molar-refractivity contribution < 1.29 is 0 Å². The lowest BCUT2D eigenvalue weighted by atomic mass is 10.3. The van der Waals surface area contributed by atoms with E-state index < -0.39 is 0 Å². The van der Waals surface area contributed by atoms with E-state index in [1.165, 1.54) is 21.3 Å². The molecule has 4 nitrogen and oxygen atoms in total. The molecule has 2 aromatic heterocycles. The Hall–Kier alpha value is -1.77. The van der Waals surface area contributed by atoms with Crippen molar-refractivity contribution in [2.24, 2.45) is 0 Å². The fourth-order valence-corrected chi connectivity index (χ4v) is 2.92. The van der Waals surface area contributed by atoms with E-state index in [0.717, 1.165) is 4.88 Å². The largest absolute Gasteiger partial charge is 0.374 e. The molecular weight excluding hydrogens is 294 g/mol. The number of hydrogen-bond acceptors (Lipinski definition) is 4. The molecule has 104 valence electrons. The Kier molecular flexibility index (Phi) is 4.48. The average molecular weight is 308 g/mol. The third kappa shape index (κ3) is 3.03. The van der Waals surface area contributed by atoms with Gasteiger partial charge in [-0.1, -0.05) is 17.5 Å². The van der Waals surface area contributed by atoms with Crippen LogP contribution in [0.15, 0.2) is 17.1 Å². The molecule has 0 amide bonds. The second-order valence-corrected chi connectivity index (χ2v) is 6.09. The van der Waals surface area contributed by atoms with Crippen molar-refractivity contribution in [3.63, 3.8) is 0 Å². The van der Waals surface area contributed by atoms with E-state index in [4.69, 9.17) is 18.0 Å². The summed E-state index contributed by atoms with van der Waals surface area (Å²) in [6.45, 7) is 4.81. The molecule has 0 saturated heterocycles. The second-order valence-electron chi connectivity index (χ2n) is 4.34. The highest BCUT2D eigenvalue weighted by molar-refractivity contribution is 7.12. The molecule has 2 aromatic rings. The maximum atomic E-state index is 12.1. The zero-order chi connectivity index (χ0) is 14.7. The van der Waals surface area contributed by atoms with E-state index in [-0.39, 0.29) is 12.1 Å². The zero-order valence-electron chi connectivity index (χ0n) is 11.2. The van der Waals surface area contributed by atoms with Crippen molar-refractivity contribution in [3.05, 3.63) is 43.0 Å². The number of anilines is 1. The zero-order valence-corrected chi connectivity index (χ0v) is 12.8. The smallest absolute Gasteiger partial charge is 0.292 e. The molecule has 0 atom stereocenters. The summed E-state index contributed by atoms with van der Waals surface area (Å²) in [6.07, 6.45) is 6.62. The number of nitrogens with one attached hydrogen (secondary N) is 1. The molecule has 2 rings (SSSR count). The number of aromatic nitrogens is 2. The quantitative estimate of drug-likeness (QED) is 0.884. The lowest BCUT2D eigenvalue weighted by molar-refractivity contribution is 0.664. The van der Waals surface area contributed by atoms with Crippen LogP contribution in [0.5, 0.6) is 0 Å². The van der Waals surface area contributed by atoms with E-state index in [0.29, 0.717) is 17.3 Å². The minimum atomic E-state index is -0.305. The standard InChI is InChI=1S/C14H14ClN3OS/c1-4-5-18-14(19)13(12(15)8-17-18)16-7-11-6-9(2)10(3)20-11/h1,6,8,16H,5,7H2,2-3H3. The van der Waals surface area contributed by atoms with Crippen molar-refractivity contribution in [2.45, 2.75) is 26.9 Å². The van der Waals surface area contributed by atoms with Crippen LogP contribution in [0.3, 0.4) is 0 Å². The molecule has 2 heterocycles. The van der Waals surface area contributed by atoms with Gasteiger partial charge >= 0.3 is 0 Å². The Labute approximate surface area is 126 Å². The lowest BCUT2D eigenvalue weighted by Crippen LogP contribution is -2.25. The van der Waals surface area contributed by atoms with Gasteiger partial charge in [-0.2, -0.15) is 5.10 Å². The number of aryl methyl sites for hydroxylation is 2. The monoisotopic (exact) mass is 307 g/mol. The summed E-state index contributed by atoms with van der Waals surface area (Å²) < 4.78 is 1.21. The minimum absolute atomic E-state index is 0.127. The fourth-order valence-electron chi connectivity index (χ4n) is 1.74. The van der Waals surface area contributed by atoms with Gasteiger partial charge in [0.1, 0.15) is 12.2 Å². The Morgan fingerprint density at radius 3 is 2.90 bits per heavy atom. The van der Waals surface area contributed by atoms with Gasteiger partial charge in [0, 0.05) is 16.3 Å². The summed E-state index contributed by atoms with van der Waals surface area (Å²) in [4.78, 5) is 14.6. The summed E-state index contributed by atoms with van der Waals surface area (Å²) in [5.74, 6) is 2.39. The van der Waals surface area contributed by atoms with Crippen LogP contribution < -0.4 is 10.9 Å². The maximum absolute atomic E-state index is 12.1. The van der Waals surface area contributed by atoms with E-state index in [1.807, 2.05) is 0 Å². The number of hydrogen-bond donors (Lipinski definition) is 1. The fraction of sp³-hybridized carbons (Fsp3) is 0.286. The van der Waals surface area contributed by atoms with Gasteiger partial charge in [-0.3, -0.25) is 4.79 Å². The lowest BCUT2D eigenvalue weighted by Gasteiger charge is -2.08. The van der Waals surface area contributed by atoms with Crippen LogP contribution in [0.1, 0.15) is 15.3 Å². The first-order chi connectivity index (χ1) is 9.52. The van der Waals surface area contributed by atoms with Gasteiger partial charge in [-0.15, -0.1) is 17.8 Å². The van der Waals surface area contributed by atoms with Crippen molar-refractivity contribution in [2.75, 3.05) is 5.32 Å². The topological polar surface area (TPSA) is 46.9 Å². The second kappa shape index (κ2) is 6.12. The first-order valence-electron chi connectivity index (χ1n) is 6.01. The average Bonchev–Trinajstić information content (AvgIpc) is 2.72. The van der Waals surface area contributed by atoms with E-state index in [1.54, 1.807) is 11.3 Å². The number of terminal acetylenes is 1. The van der Waals surface area contributed by atoms with Crippen LogP contribution in [-0.4, -0.2) is 9.78 Å². The molecule has 0 unspecified atom stereocenters. The van der Waals surface area contributed by atoms with E-state index in [2.05, 4.69) is 36.2 Å². The van der Waals surface area contributed by atoms with Crippen LogP contribution in [0.25, 0.3) is 0 Å². The first-order valence-corrected chi connectivity index (χ1v) is 7.21. The van der Waals surface area contributed by atoms with Crippen molar-refractivity contribution >= 4 is 28.6 Å². The Bertz CT molecular complexity index is 707. The van der Waals surface area contributed by atoms with Gasteiger partial charge in [-0.25, -0.2) is 4.68 Å². The molecule has 0 aliphatic rings. The summed E-state index contributed by atoms with van der Waals surface area (Å²) in [6, 6.07) is 2.10. The predicted octanol–water partition coefficient (Wildman–Crippen LogP) is 2.82. The van der Waals surface area contributed by atoms with E-state index in [9.17, 15) is 4.79 Å². The number of rotatable bonds is 4. The Balaban J connectivity index is 2.23. The SMILES string of the molecule is C#CCn1ncc(Cl)c(NCc2cc(C)c(C)s2)c1=O. The minimum Gasteiger partial charge on any atom is -0.374 e.